The van der Waals surface area contributed by atoms with E-state index in [4.69, 9.17) is 0 Å². The van der Waals surface area contributed by atoms with Crippen molar-refractivity contribution in [3.05, 3.63) is 35.4 Å². The molecule has 1 aromatic carbocycles. The maximum absolute atomic E-state index is 12.9. The molecule has 1 aromatic rings. The van der Waals surface area contributed by atoms with E-state index in [2.05, 4.69) is 15.4 Å². The molecule has 1 rings (SSSR count). The van der Waals surface area contributed by atoms with E-state index in [0.717, 1.165) is 12.1 Å². The second-order valence-electron chi connectivity index (χ2n) is 4.02. The predicted molar refractivity (Wildman–Crippen MR) is 68.3 cm³/mol. The number of rotatable bonds is 6. The summed E-state index contributed by atoms with van der Waals surface area (Å²) in [6.07, 6.45) is 0.00525. The van der Waals surface area contributed by atoms with Crippen LogP contribution in [-0.4, -0.2) is 38.0 Å². The van der Waals surface area contributed by atoms with Gasteiger partial charge >= 0.3 is 5.97 Å². The zero-order valence-corrected chi connectivity index (χ0v) is 11.2. The number of carbonyl (C=O) groups is 3. The summed E-state index contributed by atoms with van der Waals surface area (Å²) >= 11 is 0. The van der Waals surface area contributed by atoms with Crippen molar-refractivity contribution in [2.75, 3.05) is 20.2 Å². The fourth-order valence-corrected chi connectivity index (χ4v) is 1.42. The van der Waals surface area contributed by atoms with Crippen LogP contribution in [0.5, 0.6) is 0 Å². The molecule has 0 saturated carbocycles. The number of halogens is 2. The molecule has 0 fully saturated rings. The molecule has 0 aromatic heterocycles. The Morgan fingerprint density at radius 1 is 1.10 bits per heavy atom. The Hall–Kier alpha value is -2.51. The molecular formula is C13H14F2N2O4. The Labute approximate surface area is 119 Å². The lowest BCUT2D eigenvalue weighted by Gasteiger charge is -2.07. The third-order valence-electron chi connectivity index (χ3n) is 2.41. The minimum atomic E-state index is -0.886. The molecule has 0 radical (unpaired) electrons. The SMILES string of the molecule is COC(=O)CCNC(=O)CNC(=O)c1cc(F)cc(F)c1. The van der Waals surface area contributed by atoms with Crippen LogP contribution < -0.4 is 10.6 Å². The monoisotopic (exact) mass is 300 g/mol. The fourth-order valence-electron chi connectivity index (χ4n) is 1.42. The summed E-state index contributed by atoms with van der Waals surface area (Å²) in [4.78, 5) is 33.7. The number of ether oxygens (including phenoxy) is 1. The largest absolute Gasteiger partial charge is 0.469 e. The minimum absolute atomic E-state index is 0.00525. The summed E-state index contributed by atoms with van der Waals surface area (Å²) in [5.41, 5.74) is -0.227. The van der Waals surface area contributed by atoms with Crippen molar-refractivity contribution in [1.82, 2.24) is 10.6 Å². The van der Waals surface area contributed by atoms with Crippen LogP contribution in [0.4, 0.5) is 8.78 Å². The number of methoxy groups -OCH3 is 1. The van der Waals surface area contributed by atoms with Gasteiger partial charge in [0, 0.05) is 18.2 Å². The highest BCUT2D eigenvalue weighted by Gasteiger charge is 2.11. The standard InChI is InChI=1S/C13H14F2N2O4/c1-21-12(19)2-3-16-11(18)7-17-13(20)8-4-9(14)6-10(15)5-8/h4-6H,2-3,7H2,1H3,(H,16,18)(H,17,20). The van der Waals surface area contributed by atoms with E-state index >= 15 is 0 Å². The molecule has 0 bridgehead atoms. The number of esters is 1. The molecule has 2 amide bonds. The molecule has 2 N–H and O–H groups in total. The van der Waals surface area contributed by atoms with Gasteiger partial charge in [-0.2, -0.15) is 0 Å². The van der Waals surface area contributed by atoms with Gasteiger partial charge in [-0.3, -0.25) is 14.4 Å². The lowest BCUT2D eigenvalue weighted by molar-refractivity contribution is -0.140. The maximum Gasteiger partial charge on any atom is 0.307 e. The highest BCUT2D eigenvalue weighted by Crippen LogP contribution is 2.07. The van der Waals surface area contributed by atoms with E-state index < -0.39 is 29.4 Å². The molecule has 0 heterocycles. The van der Waals surface area contributed by atoms with Crippen molar-refractivity contribution in [2.45, 2.75) is 6.42 Å². The van der Waals surface area contributed by atoms with Crippen molar-refractivity contribution in [2.24, 2.45) is 0 Å². The van der Waals surface area contributed by atoms with Crippen molar-refractivity contribution < 1.29 is 27.9 Å². The van der Waals surface area contributed by atoms with Crippen LogP contribution in [0.1, 0.15) is 16.8 Å². The van der Waals surface area contributed by atoms with Gasteiger partial charge in [-0.05, 0) is 12.1 Å². The summed E-state index contributed by atoms with van der Waals surface area (Å²) in [5.74, 6) is -3.57. The molecule has 0 unspecified atom stereocenters. The Bertz CT molecular complexity index is 529. The lowest BCUT2D eigenvalue weighted by Crippen LogP contribution is -2.37. The van der Waals surface area contributed by atoms with Crippen molar-refractivity contribution in [3.63, 3.8) is 0 Å². The zero-order valence-electron chi connectivity index (χ0n) is 11.2. The molecule has 8 heteroatoms. The number of amides is 2. The van der Waals surface area contributed by atoms with Crippen LogP contribution >= 0.6 is 0 Å². The molecule has 21 heavy (non-hydrogen) atoms. The summed E-state index contributed by atoms with van der Waals surface area (Å²) in [6.45, 7) is -0.311. The minimum Gasteiger partial charge on any atom is -0.469 e. The van der Waals surface area contributed by atoms with E-state index in [1.54, 1.807) is 0 Å². The molecule has 0 spiro atoms. The first kappa shape index (κ1) is 16.5. The second kappa shape index (κ2) is 7.93. The van der Waals surface area contributed by atoms with Crippen LogP contribution in [0.2, 0.25) is 0 Å². The van der Waals surface area contributed by atoms with Gasteiger partial charge in [0.2, 0.25) is 5.91 Å². The van der Waals surface area contributed by atoms with Crippen LogP contribution in [0, 0.1) is 11.6 Å². The van der Waals surface area contributed by atoms with E-state index in [1.165, 1.54) is 7.11 Å². The highest BCUT2D eigenvalue weighted by molar-refractivity contribution is 5.96. The van der Waals surface area contributed by atoms with Crippen molar-refractivity contribution in [1.29, 1.82) is 0 Å². The van der Waals surface area contributed by atoms with E-state index in [1.807, 2.05) is 0 Å². The second-order valence-corrected chi connectivity index (χ2v) is 4.02. The van der Waals surface area contributed by atoms with Gasteiger partial charge in [0.1, 0.15) is 11.6 Å². The quantitative estimate of drug-likeness (QED) is 0.744. The predicted octanol–water partition coefficient (Wildman–Crippen LogP) is 0.374. The zero-order chi connectivity index (χ0) is 15.8. The Kier molecular flexibility index (Phi) is 6.25. The van der Waals surface area contributed by atoms with Gasteiger partial charge in [0.05, 0.1) is 20.1 Å². The van der Waals surface area contributed by atoms with E-state index in [9.17, 15) is 23.2 Å². The molecule has 0 saturated heterocycles. The number of nitrogens with one attached hydrogen (secondary N) is 2. The Morgan fingerprint density at radius 2 is 1.71 bits per heavy atom. The number of hydrogen-bond acceptors (Lipinski definition) is 4. The molecule has 114 valence electrons. The third-order valence-corrected chi connectivity index (χ3v) is 2.41. The first-order valence-electron chi connectivity index (χ1n) is 6.00. The molecule has 0 aliphatic rings. The summed E-state index contributed by atoms with van der Waals surface area (Å²) in [5, 5.41) is 4.58. The Morgan fingerprint density at radius 3 is 2.29 bits per heavy atom. The van der Waals surface area contributed by atoms with Crippen LogP contribution in [-0.2, 0) is 14.3 Å². The summed E-state index contributed by atoms with van der Waals surface area (Å²) < 4.78 is 30.2. The third kappa shape index (κ3) is 5.98. The average Bonchev–Trinajstić information content (AvgIpc) is 2.43. The fraction of sp³-hybridized carbons (Fsp3) is 0.308. The molecule has 0 aliphatic carbocycles. The van der Waals surface area contributed by atoms with Gasteiger partial charge in [0.15, 0.2) is 0 Å². The van der Waals surface area contributed by atoms with Gasteiger partial charge in [-0.1, -0.05) is 0 Å². The first-order chi connectivity index (χ1) is 9.92. The van der Waals surface area contributed by atoms with Gasteiger partial charge < -0.3 is 15.4 Å². The molecule has 6 nitrogen and oxygen atoms in total. The molecular weight excluding hydrogens is 286 g/mol. The number of hydrogen-bond donors (Lipinski definition) is 2. The maximum atomic E-state index is 12.9. The number of carbonyl (C=O) groups excluding carboxylic acids is 3. The Balaban J connectivity index is 2.38. The van der Waals surface area contributed by atoms with Crippen molar-refractivity contribution >= 4 is 17.8 Å². The van der Waals surface area contributed by atoms with Crippen LogP contribution in [0.15, 0.2) is 18.2 Å². The van der Waals surface area contributed by atoms with Crippen LogP contribution in [0.3, 0.4) is 0 Å². The summed E-state index contributed by atoms with van der Waals surface area (Å²) in [6, 6.07) is 2.34. The lowest BCUT2D eigenvalue weighted by atomic mass is 10.2. The van der Waals surface area contributed by atoms with Gasteiger partial charge in [-0.15, -0.1) is 0 Å². The molecule has 0 atom stereocenters. The topological polar surface area (TPSA) is 84.5 Å². The average molecular weight is 300 g/mol. The van der Waals surface area contributed by atoms with Gasteiger partial charge in [0.25, 0.3) is 5.91 Å². The van der Waals surface area contributed by atoms with E-state index in [-0.39, 0.29) is 25.1 Å². The van der Waals surface area contributed by atoms with Crippen molar-refractivity contribution in [3.8, 4) is 0 Å². The smallest absolute Gasteiger partial charge is 0.307 e. The van der Waals surface area contributed by atoms with Gasteiger partial charge in [-0.25, -0.2) is 8.78 Å². The summed E-state index contributed by atoms with van der Waals surface area (Å²) in [7, 11) is 1.22. The van der Waals surface area contributed by atoms with E-state index in [0.29, 0.717) is 6.07 Å². The highest BCUT2D eigenvalue weighted by atomic mass is 19.1. The number of benzene rings is 1. The molecule has 0 aliphatic heterocycles. The first-order valence-corrected chi connectivity index (χ1v) is 6.00. The van der Waals surface area contributed by atoms with Crippen LogP contribution in [0.25, 0.3) is 0 Å². The normalized spacial score (nSPS) is 9.86.